The van der Waals surface area contributed by atoms with Crippen molar-refractivity contribution in [3.05, 3.63) is 47.2 Å². The maximum Gasteiger partial charge on any atom is 0.352 e. The normalized spacial score (nSPS) is 21.4. The average molecular weight is 605 g/mol. The lowest BCUT2D eigenvalue weighted by Gasteiger charge is -2.49. The Kier molecular flexibility index (Phi) is 8.32. The summed E-state index contributed by atoms with van der Waals surface area (Å²) < 4.78 is 1.47. The van der Waals surface area contributed by atoms with Gasteiger partial charge < -0.3 is 15.7 Å². The van der Waals surface area contributed by atoms with Crippen molar-refractivity contribution in [2.75, 3.05) is 29.6 Å². The first-order chi connectivity index (χ1) is 19.3. The highest BCUT2D eigenvalue weighted by Gasteiger charge is 2.54. The Balaban J connectivity index is 1.30. The molecule has 2 fully saturated rings. The number of hydrogen-bond acceptors (Lipinski definition) is 11. The van der Waals surface area contributed by atoms with Crippen LogP contribution in [-0.2, 0) is 26.2 Å². The Hall–Kier alpha value is -3.57. The zero-order valence-electron chi connectivity index (χ0n) is 21.1. The van der Waals surface area contributed by atoms with E-state index in [1.54, 1.807) is 37.4 Å². The third-order valence-corrected chi connectivity index (χ3v) is 9.76. The lowest BCUT2D eigenvalue weighted by molar-refractivity contribution is -0.151. The van der Waals surface area contributed by atoms with E-state index in [0.29, 0.717) is 27.8 Å². The molecule has 210 valence electrons. The minimum atomic E-state index is -1.24. The van der Waals surface area contributed by atoms with Crippen LogP contribution in [0.3, 0.4) is 0 Å². The number of carbonyl (C=O) groups excluding carboxylic acids is 4. The number of nitrogens with zero attached hydrogens (tertiary/aromatic N) is 6. The van der Waals surface area contributed by atoms with Crippen molar-refractivity contribution in [3.8, 4) is 0 Å². The predicted octanol–water partition coefficient (Wildman–Crippen LogP) is 0.0671. The van der Waals surface area contributed by atoms with Crippen molar-refractivity contribution in [3.63, 3.8) is 0 Å². The molecule has 14 nitrogen and oxygen atoms in total. The molecule has 3 aliphatic heterocycles. The number of nitrogens with one attached hydrogen (secondary N) is 2. The Morgan fingerprint density at radius 3 is 2.65 bits per heavy atom. The van der Waals surface area contributed by atoms with E-state index >= 15 is 0 Å². The lowest BCUT2D eigenvalue weighted by Crippen LogP contribution is -2.71. The van der Waals surface area contributed by atoms with Crippen LogP contribution in [0.1, 0.15) is 11.6 Å². The monoisotopic (exact) mass is 604 g/mol. The summed E-state index contributed by atoms with van der Waals surface area (Å²) >= 11 is 4.02. The minimum Gasteiger partial charge on any atom is -0.477 e. The third-order valence-electron chi connectivity index (χ3n) is 6.40. The zero-order valence-corrected chi connectivity index (χ0v) is 23.5. The molecule has 17 heteroatoms. The van der Waals surface area contributed by atoms with Crippen molar-refractivity contribution < 1.29 is 29.1 Å². The number of thioether (sulfide) groups is 3. The van der Waals surface area contributed by atoms with E-state index in [4.69, 9.17) is 0 Å². The van der Waals surface area contributed by atoms with Crippen molar-refractivity contribution >= 4 is 65.0 Å². The molecule has 5 rings (SSSR count). The van der Waals surface area contributed by atoms with E-state index < -0.39 is 41.3 Å². The molecular formula is C23H24N8O6S3. The Bertz CT molecular complexity index is 1390. The van der Waals surface area contributed by atoms with Gasteiger partial charge in [0.1, 0.15) is 23.2 Å². The van der Waals surface area contributed by atoms with Gasteiger partial charge in [-0.05, 0) is 21.6 Å². The van der Waals surface area contributed by atoms with Crippen molar-refractivity contribution in [1.29, 1.82) is 0 Å². The molecule has 1 aromatic carbocycles. The van der Waals surface area contributed by atoms with Gasteiger partial charge in [0, 0.05) is 30.9 Å². The van der Waals surface area contributed by atoms with E-state index in [0.717, 1.165) is 4.90 Å². The fourth-order valence-corrected chi connectivity index (χ4v) is 7.53. The number of tetrazole rings is 1. The number of urea groups is 1. The van der Waals surface area contributed by atoms with E-state index in [1.165, 1.54) is 44.9 Å². The summed E-state index contributed by atoms with van der Waals surface area (Å²) in [4.78, 5) is 66.2. The maximum atomic E-state index is 13.4. The first-order valence-electron chi connectivity index (χ1n) is 12.1. The molecular weight excluding hydrogens is 581 g/mol. The molecule has 0 saturated carbocycles. The summed E-state index contributed by atoms with van der Waals surface area (Å²) in [6.07, 6.45) is 0. The molecule has 5 amide bonds. The van der Waals surface area contributed by atoms with Gasteiger partial charge in [0.15, 0.2) is 0 Å². The van der Waals surface area contributed by atoms with E-state index in [2.05, 4.69) is 26.2 Å². The largest absolute Gasteiger partial charge is 0.477 e. The SMILES string of the molecule is Cn1nnnc1SCC1=C(C(=O)O)N2C(=O)C(NC(=O)C(NC(=O)N3CCSCC3=O)c3ccccc3)[C@H]2SC1. The van der Waals surface area contributed by atoms with Crippen LogP contribution >= 0.6 is 35.3 Å². The van der Waals surface area contributed by atoms with E-state index in [-0.39, 0.29) is 29.7 Å². The van der Waals surface area contributed by atoms with Crippen molar-refractivity contribution in [2.45, 2.75) is 22.6 Å². The number of fused-ring (bicyclic) bond motifs is 1. The number of aromatic nitrogens is 4. The molecule has 0 spiro atoms. The van der Waals surface area contributed by atoms with E-state index in [9.17, 15) is 29.1 Å². The smallest absolute Gasteiger partial charge is 0.352 e. The minimum absolute atomic E-state index is 0.115. The second-order valence-electron chi connectivity index (χ2n) is 8.92. The topological polar surface area (TPSA) is 180 Å². The maximum absolute atomic E-state index is 13.4. The van der Waals surface area contributed by atoms with Crippen LogP contribution in [0.4, 0.5) is 4.79 Å². The number of aliphatic carboxylic acids is 1. The predicted molar refractivity (Wildman–Crippen MR) is 146 cm³/mol. The molecule has 0 bridgehead atoms. The number of imide groups is 1. The Morgan fingerprint density at radius 1 is 1.20 bits per heavy atom. The number of carbonyl (C=O) groups is 5. The number of amides is 5. The third kappa shape index (κ3) is 5.53. The highest BCUT2D eigenvalue weighted by molar-refractivity contribution is 8.01. The van der Waals surface area contributed by atoms with Gasteiger partial charge in [-0.15, -0.1) is 16.9 Å². The van der Waals surface area contributed by atoms with Crippen LogP contribution in [0.15, 0.2) is 46.8 Å². The molecule has 3 atom stereocenters. The number of hydrogen-bond donors (Lipinski definition) is 3. The van der Waals surface area contributed by atoms with Crippen molar-refractivity contribution in [1.82, 2.24) is 40.6 Å². The van der Waals surface area contributed by atoms with E-state index in [1.807, 2.05) is 0 Å². The summed E-state index contributed by atoms with van der Waals surface area (Å²) in [6, 6.07) is 5.63. The summed E-state index contributed by atoms with van der Waals surface area (Å²) in [6.45, 7) is 0.228. The van der Waals surface area contributed by atoms with Crippen LogP contribution in [-0.4, -0.2) is 106 Å². The number of β-lactam (4-membered cyclic amide) rings is 1. The van der Waals surface area contributed by atoms with Crippen LogP contribution < -0.4 is 10.6 Å². The highest BCUT2D eigenvalue weighted by atomic mass is 32.2. The van der Waals surface area contributed by atoms with Crippen molar-refractivity contribution in [2.24, 2.45) is 7.05 Å². The second kappa shape index (κ2) is 11.9. The van der Waals surface area contributed by atoms with Gasteiger partial charge in [0.2, 0.25) is 17.0 Å². The molecule has 1 aromatic heterocycles. The standard InChI is InChI=1S/C23H24N8O6S3/c1-29-23(26-27-28-29)40-10-13-9-39-20-16(19(34)31(20)17(13)21(35)36)24-18(33)15(12-5-3-2-4-6-12)25-22(37)30-7-8-38-11-14(30)32/h2-6,15-16,20H,7-11H2,1H3,(H,24,33)(H,25,37)(H,35,36)/t15?,16?,20-/m1/s1. The number of rotatable bonds is 8. The zero-order chi connectivity index (χ0) is 28.4. The van der Waals surface area contributed by atoms with Crippen LogP contribution in [0.5, 0.6) is 0 Å². The van der Waals surface area contributed by atoms with Crippen LogP contribution in [0.25, 0.3) is 0 Å². The first-order valence-corrected chi connectivity index (χ1v) is 15.2. The van der Waals surface area contributed by atoms with Gasteiger partial charge in [0.25, 0.3) is 5.91 Å². The molecule has 0 aliphatic carbocycles. The van der Waals surface area contributed by atoms with Crippen LogP contribution in [0.2, 0.25) is 0 Å². The summed E-state index contributed by atoms with van der Waals surface area (Å²) in [5.41, 5.74) is 0.894. The average Bonchev–Trinajstić information content (AvgIpc) is 3.37. The number of carboxylic acid groups (broad SMARTS) is 1. The Morgan fingerprint density at radius 2 is 1.98 bits per heavy atom. The molecule has 2 saturated heterocycles. The number of benzene rings is 1. The molecule has 2 unspecified atom stereocenters. The lowest BCUT2D eigenvalue weighted by atomic mass is 10.0. The number of carboxylic acids is 1. The molecule has 0 radical (unpaired) electrons. The summed E-state index contributed by atoms with van der Waals surface area (Å²) in [5.74, 6) is -1.42. The highest BCUT2D eigenvalue weighted by Crippen LogP contribution is 2.41. The molecule has 4 heterocycles. The number of aryl methyl sites for hydroxylation is 1. The molecule has 2 aromatic rings. The van der Waals surface area contributed by atoms with Gasteiger partial charge in [-0.1, -0.05) is 42.1 Å². The molecule has 3 N–H and O–H groups in total. The van der Waals surface area contributed by atoms with Gasteiger partial charge in [-0.3, -0.25) is 24.2 Å². The fourth-order valence-electron chi connectivity index (χ4n) is 4.41. The van der Waals surface area contributed by atoms with Crippen LogP contribution in [0, 0.1) is 0 Å². The van der Waals surface area contributed by atoms with Gasteiger partial charge in [0.05, 0.1) is 5.75 Å². The first kappa shape index (κ1) is 28.0. The van der Waals surface area contributed by atoms with Gasteiger partial charge >= 0.3 is 12.0 Å². The van der Waals surface area contributed by atoms with Gasteiger partial charge in [-0.2, -0.15) is 11.8 Å². The quantitative estimate of drug-likeness (QED) is 0.273. The second-order valence-corrected chi connectivity index (χ2v) is 12.1. The molecule has 3 aliphatic rings. The Labute approximate surface area is 240 Å². The van der Waals surface area contributed by atoms with Gasteiger partial charge in [-0.25, -0.2) is 14.3 Å². The summed E-state index contributed by atoms with van der Waals surface area (Å²) in [5, 5.41) is 26.3. The summed E-state index contributed by atoms with van der Waals surface area (Å²) in [7, 11) is 1.67. The molecule has 40 heavy (non-hydrogen) atoms. The fraction of sp³-hybridized carbons (Fsp3) is 0.391.